The number of methoxy groups -OCH3 is 3. The molecule has 0 saturated heterocycles. The van der Waals surface area contributed by atoms with Crippen LogP contribution in [0, 0.1) is 6.92 Å². The van der Waals surface area contributed by atoms with Crippen LogP contribution in [0.1, 0.15) is 36.6 Å². The molecule has 0 unspecified atom stereocenters. The molecule has 4 rings (SSSR count). The fourth-order valence-corrected chi connectivity index (χ4v) is 5.25. The third kappa shape index (κ3) is 4.54. The number of carbonyl (C=O) groups excluding carboxylic acids is 1. The zero-order valence-corrected chi connectivity index (χ0v) is 21.9. The number of rotatable bonds is 7. The first kappa shape index (κ1) is 25.2. The predicted octanol–water partition coefficient (Wildman–Crippen LogP) is 3.13. The third-order valence-electron chi connectivity index (χ3n) is 5.97. The van der Waals surface area contributed by atoms with Gasteiger partial charge in [-0.3, -0.25) is 9.36 Å². The molecule has 0 saturated carbocycles. The predicted molar refractivity (Wildman–Crippen MR) is 138 cm³/mol. The van der Waals surface area contributed by atoms with E-state index < -0.39 is 12.0 Å². The molecule has 188 valence electrons. The highest BCUT2D eigenvalue weighted by Crippen LogP contribution is 2.36. The second-order valence-electron chi connectivity index (χ2n) is 8.15. The average molecular weight is 509 g/mol. The minimum Gasteiger partial charge on any atom is -0.496 e. The van der Waals surface area contributed by atoms with Gasteiger partial charge in [-0.1, -0.05) is 29.5 Å². The van der Waals surface area contributed by atoms with E-state index in [4.69, 9.17) is 18.9 Å². The van der Waals surface area contributed by atoms with Crippen molar-refractivity contribution in [2.24, 2.45) is 4.99 Å². The van der Waals surface area contributed by atoms with Gasteiger partial charge < -0.3 is 18.9 Å². The van der Waals surface area contributed by atoms with Crippen LogP contribution in [0.3, 0.4) is 0 Å². The third-order valence-corrected chi connectivity index (χ3v) is 6.95. The molecule has 0 N–H and O–H groups in total. The van der Waals surface area contributed by atoms with Gasteiger partial charge in [0.15, 0.2) is 16.3 Å². The molecule has 3 aromatic rings. The van der Waals surface area contributed by atoms with Crippen LogP contribution in [0.25, 0.3) is 6.08 Å². The van der Waals surface area contributed by atoms with Crippen LogP contribution in [0.4, 0.5) is 0 Å². The number of nitrogens with zero attached hydrogens (tertiary/aromatic N) is 2. The highest BCUT2D eigenvalue weighted by atomic mass is 32.1. The number of thiazole rings is 1. The molecular weight excluding hydrogens is 480 g/mol. The van der Waals surface area contributed by atoms with Gasteiger partial charge in [0, 0.05) is 0 Å². The van der Waals surface area contributed by atoms with E-state index in [0.29, 0.717) is 37.7 Å². The number of aromatic nitrogens is 1. The number of esters is 1. The minimum atomic E-state index is -0.741. The Morgan fingerprint density at radius 1 is 1.03 bits per heavy atom. The fourth-order valence-electron chi connectivity index (χ4n) is 4.21. The van der Waals surface area contributed by atoms with Gasteiger partial charge in [0.05, 0.1) is 49.8 Å². The van der Waals surface area contributed by atoms with E-state index in [1.54, 1.807) is 50.8 Å². The van der Waals surface area contributed by atoms with Crippen LogP contribution < -0.4 is 29.1 Å². The molecule has 0 spiro atoms. The summed E-state index contributed by atoms with van der Waals surface area (Å²) in [5, 5.41) is 0. The van der Waals surface area contributed by atoms with Crippen molar-refractivity contribution < 1.29 is 23.7 Å². The van der Waals surface area contributed by atoms with Crippen LogP contribution in [-0.2, 0) is 9.53 Å². The zero-order chi connectivity index (χ0) is 26.0. The molecule has 9 heteroatoms. The van der Waals surface area contributed by atoms with Crippen molar-refractivity contribution in [2.75, 3.05) is 27.9 Å². The average Bonchev–Trinajstić information content (AvgIpc) is 3.18. The van der Waals surface area contributed by atoms with Crippen LogP contribution in [-0.4, -0.2) is 38.5 Å². The molecule has 2 aromatic carbocycles. The Hall–Kier alpha value is -3.85. The van der Waals surface area contributed by atoms with Gasteiger partial charge in [-0.15, -0.1) is 0 Å². The van der Waals surface area contributed by atoms with Crippen molar-refractivity contribution in [2.45, 2.75) is 26.8 Å². The zero-order valence-electron chi connectivity index (χ0n) is 21.1. The number of hydrogen-bond donors (Lipinski definition) is 0. The van der Waals surface area contributed by atoms with Crippen molar-refractivity contribution in [1.82, 2.24) is 4.57 Å². The first-order valence-electron chi connectivity index (χ1n) is 11.4. The van der Waals surface area contributed by atoms with Crippen LogP contribution >= 0.6 is 11.3 Å². The van der Waals surface area contributed by atoms with Crippen LogP contribution in [0.5, 0.6) is 17.2 Å². The maximum atomic E-state index is 13.8. The largest absolute Gasteiger partial charge is 0.496 e. The van der Waals surface area contributed by atoms with Gasteiger partial charge in [0.2, 0.25) is 0 Å². The summed E-state index contributed by atoms with van der Waals surface area (Å²) in [5.74, 6) is 1.25. The van der Waals surface area contributed by atoms with E-state index in [2.05, 4.69) is 4.99 Å². The lowest BCUT2D eigenvalue weighted by molar-refractivity contribution is -0.139. The number of fused-ring (bicyclic) bond motifs is 1. The first-order chi connectivity index (χ1) is 17.3. The smallest absolute Gasteiger partial charge is 0.338 e. The molecule has 0 radical (unpaired) electrons. The quantitative estimate of drug-likeness (QED) is 0.456. The molecule has 0 fully saturated rings. The molecule has 1 aliphatic rings. The molecule has 36 heavy (non-hydrogen) atoms. The normalized spacial score (nSPS) is 15.3. The van der Waals surface area contributed by atoms with Gasteiger partial charge in [0.25, 0.3) is 5.56 Å². The Kier molecular flexibility index (Phi) is 7.30. The second kappa shape index (κ2) is 10.4. The molecule has 1 aromatic heterocycles. The Bertz CT molecular complexity index is 1530. The summed E-state index contributed by atoms with van der Waals surface area (Å²) in [6.07, 6.45) is 1.81. The summed E-state index contributed by atoms with van der Waals surface area (Å²) in [6.45, 7) is 5.65. The van der Waals surface area contributed by atoms with E-state index >= 15 is 0 Å². The summed E-state index contributed by atoms with van der Waals surface area (Å²) >= 11 is 1.27. The molecular formula is C27H28N2O6S. The monoisotopic (exact) mass is 508 g/mol. The van der Waals surface area contributed by atoms with E-state index in [9.17, 15) is 9.59 Å². The first-order valence-corrected chi connectivity index (χ1v) is 12.2. The highest BCUT2D eigenvalue weighted by molar-refractivity contribution is 7.07. The summed E-state index contributed by atoms with van der Waals surface area (Å²) in [6, 6.07) is 10.3. The molecule has 8 nitrogen and oxygen atoms in total. The van der Waals surface area contributed by atoms with Crippen LogP contribution in [0.15, 0.2) is 57.5 Å². The van der Waals surface area contributed by atoms with Gasteiger partial charge in [0.1, 0.15) is 5.75 Å². The molecule has 0 amide bonds. The molecule has 1 aliphatic heterocycles. The van der Waals surface area contributed by atoms with E-state index in [-0.39, 0.29) is 12.2 Å². The van der Waals surface area contributed by atoms with Gasteiger partial charge in [-0.05, 0) is 61.7 Å². The molecule has 0 aliphatic carbocycles. The van der Waals surface area contributed by atoms with Crippen LogP contribution in [0.2, 0.25) is 0 Å². The number of ether oxygens (including phenoxy) is 4. The lowest BCUT2D eigenvalue weighted by atomic mass is 9.95. The number of benzene rings is 2. The number of allylic oxidation sites excluding steroid dienone is 1. The summed E-state index contributed by atoms with van der Waals surface area (Å²) in [4.78, 5) is 31.9. The van der Waals surface area contributed by atoms with Crippen molar-refractivity contribution >= 4 is 23.4 Å². The Balaban J connectivity index is 1.96. The van der Waals surface area contributed by atoms with Crippen molar-refractivity contribution in [1.29, 1.82) is 0 Å². The SMILES string of the molecule is CCOC(=O)C1=C(C)N=c2s/c(=C/c3ccc(C)c(OC)c3)c(=O)n2[C@H]1c1ccc(OC)c(OC)c1. The standard InChI is InChI=1S/C27H28N2O6S/c1-7-35-26(31)23-16(3)28-27-29(24(23)18-10-11-19(32-4)21(14-18)34-6)25(30)22(36-27)13-17-9-8-15(2)20(12-17)33-5/h8-14,24H,7H2,1-6H3/b22-13+/t24-/m0/s1. The lowest BCUT2D eigenvalue weighted by Gasteiger charge is -2.25. The minimum absolute atomic E-state index is 0.202. The molecule has 1 atom stereocenters. The van der Waals surface area contributed by atoms with E-state index in [0.717, 1.165) is 16.9 Å². The van der Waals surface area contributed by atoms with Crippen molar-refractivity contribution in [3.63, 3.8) is 0 Å². The number of carbonyl (C=O) groups is 1. The Morgan fingerprint density at radius 3 is 2.42 bits per heavy atom. The topological polar surface area (TPSA) is 88.4 Å². The van der Waals surface area contributed by atoms with Gasteiger partial charge in [-0.25, -0.2) is 9.79 Å². The van der Waals surface area contributed by atoms with E-state index in [1.807, 2.05) is 31.2 Å². The summed E-state index contributed by atoms with van der Waals surface area (Å²) in [5.41, 5.74) is 3.05. The molecule has 2 heterocycles. The fraction of sp³-hybridized carbons (Fsp3) is 0.296. The lowest BCUT2D eigenvalue weighted by Crippen LogP contribution is -2.39. The van der Waals surface area contributed by atoms with Crippen molar-refractivity contribution in [3.05, 3.63) is 84.0 Å². The highest BCUT2D eigenvalue weighted by Gasteiger charge is 2.33. The Morgan fingerprint density at radius 2 is 1.75 bits per heavy atom. The van der Waals surface area contributed by atoms with Gasteiger partial charge in [-0.2, -0.15) is 0 Å². The summed E-state index contributed by atoms with van der Waals surface area (Å²) < 4.78 is 23.7. The maximum Gasteiger partial charge on any atom is 0.338 e. The number of hydrogen-bond acceptors (Lipinski definition) is 8. The van der Waals surface area contributed by atoms with E-state index in [1.165, 1.54) is 18.4 Å². The maximum absolute atomic E-state index is 13.8. The Labute approximate surface area is 212 Å². The molecule has 0 bridgehead atoms. The summed E-state index contributed by atoms with van der Waals surface area (Å²) in [7, 11) is 4.70. The van der Waals surface area contributed by atoms with Gasteiger partial charge >= 0.3 is 5.97 Å². The van der Waals surface area contributed by atoms with Crippen molar-refractivity contribution in [3.8, 4) is 17.2 Å². The second-order valence-corrected chi connectivity index (χ2v) is 9.15. The number of aryl methyl sites for hydroxylation is 1.